The maximum Gasteiger partial charge on any atom is 0.158 e. The monoisotopic (exact) mass is 413 g/mol. The largest absolute Gasteiger partial charge is 0.383 e. The van der Waals surface area contributed by atoms with Crippen molar-refractivity contribution in [3.8, 4) is 12.1 Å². The minimum Gasteiger partial charge on any atom is -0.383 e. The molecule has 1 unspecified atom stereocenters. The van der Waals surface area contributed by atoms with Crippen molar-refractivity contribution in [3.63, 3.8) is 0 Å². The quantitative estimate of drug-likeness (QED) is 0.385. The second kappa shape index (κ2) is 10.6. The van der Waals surface area contributed by atoms with E-state index in [2.05, 4.69) is 37.9 Å². The summed E-state index contributed by atoms with van der Waals surface area (Å²) in [4.78, 5) is 0. The van der Waals surface area contributed by atoms with Gasteiger partial charge in [0.25, 0.3) is 0 Å². The molecule has 0 aliphatic heterocycles. The van der Waals surface area contributed by atoms with Crippen molar-refractivity contribution < 1.29 is 0 Å². The summed E-state index contributed by atoms with van der Waals surface area (Å²) in [6.45, 7) is 2.04. The van der Waals surface area contributed by atoms with Crippen molar-refractivity contribution in [1.29, 1.82) is 10.5 Å². The lowest BCUT2D eigenvalue weighted by Crippen LogP contribution is -2.14. The molecule has 0 aliphatic carbocycles. The van der Waals surface area contributed by atoms with Crippen LogP contribution in [-0.4, -0.2) is 6.04 Å². The van der Waals surface area contributed by atoms with Gasteiger partial charge in [-0.2, -0.15) is 10.5 Å². The van der Waals surface area contributed by atoms with Gasteiger partial charge in [-0.3, -0.25) is 0 Å². The van der Waals surface area contributed by atoms with Gasteiger partial charge in [0.05, 0.1) is 23.0 Å². The average Bonchev–Trinajstić information content (AvgIpc) is 3.19. The molecule has 0 fully saturated rings. The third-order valence-corrected chi connectivity index (χ3v) is 4.97. The van der Waals surface area contributed by atoms with Crippen molar-refractivity contribution >= 4 is 38.4 Å². The molecule has 148 valence electrons. The first-order valence-corrected chi connectivity index (χ1v) is 10.2. The molecule has 7 nitrogen and oxygen atoms in total. The van der Waals surface area contributed by atoms with Crippen LogP contribution in [0.4, 0.5) is 27.1 Å². The van der Waals surface area contributed by atoms with E-state index >= 15 is 0 Å². The fourth-order valence-corrected chi connectivity index (χ4v) is 3.29. The van der Waals surface area contributed by atoms with Crippen LogP contribution >= 0.6 is 11.3 Å². The van der Waals surface area contributed by atoms with E-state index in [4.69, 9.17) is 5.26 Å². The number of thiophene rings is 1. The first-order chi connectivity index (χ1) is 14.7. The predicted molar refractivity (Wildman–Crippen MR) is 118 cm³/mol. The molecule has 0 saturated heterocycles. The molecule has 2 aromatic carbocycles. The molecule has 0 saturated carbocycles. The Hall–Kier alpha value is -3.88. The molecule has 1 atom stereocenters. The van der Waals surface area contributed by atoms with Crippen LogP contribution in [0, 0.1) is 22.7 Å². The molecule has 0 aliphatic rings. The van der Waals surface area contributed by atoms with Gasteiger partial charge in [0.1, 0.15) is 11.1 Å². The summed E-state index contributed by atoms with van der Waals surface area (Å²) in [6, 6.07) is 23.0. The Morgan fingerprint density at radius 3 is 2.33 bits per heavy atom. The summed E-state index contributed by atoms with van der Waals surface area (Å²) in [7, 11) is 0. The number of rotatable bonds is 8. The van der Waals surface area contributed by atoms with Gasteiger partial charge in [0, 0.05) is 18.2 Å². The summed E-state index contributed by atoms with van der Waals surface area (Å²) in [6.07, 6.45) is 1.31. The predicted octanol–water partition coefficient (Wildman–Crippen LogP) is 7.55. The van der Waals surface area contributed by atoms with E-state index in [1.807, 2.05) is 61.5 Å². The van der Waals surface area contributed by atoms with E-state index in [0.717, 1.165) is 17.8 Å². The number of azo groups is 2. The van der Waals surface area contributed by atoms with Crippen molar-refractivity contribution in [2.75, 3.05) is 5.32 Å². The van der Waals surface area contributed by atoms with Crippen LogP contribution in [0.25, 0.3) is 0 Å². The summed E-state index contributed by atoms with van der Waals surface area (Å²) >= 11 is 1.26. The molecule has 1 N–H and O–H groups in total. The molecule has 0 radical (unpaired) electrons. The molecule has 3 aromatic rings. The van der Waals surface area contributed by atoms with Gasteiger partial charge < -0.3 is 5.32 Å². The Morgan fingerprint density at radius 1 is 0.933 bits per heavy atom. The molecule has 0 amide bonds. The van der Waals surface area contributed by atoms with Gasteiger partial charge in [-0.25, -0.2) is 0 Å². The van der Waals surface area contributed by atoms with E-state index in [9.17, 15) is 5.26 Å². The third kappa shape index (κ3) is 6.06. The molecule has 3 rings (SSSR count). The second-order valence-electron chi connectivity index (χ2n) is 6.44. The number of hydrogen-bond donors (Lipinski definition) is 1. The number of nitriles is 2. The zero-order valence-corrected chi connectivity index (χ0v) is 17.2. The number of nitrogens with zero attached hydrogens (tertiary/aromatic N) is 6. The summed E-state index contributed by atoms with van der Waals surface area (Å²) < 4.78 is 0. The first-order valence-electron chi connectivity index (χ1n) is 9.34. The average molecular weight is 414 g/mol. The Labute approximate surface area is 179 Å². The minimum absolute atomic E-state index is 0.213. The summed E-state index contributed by atoms with van der Waals surface area (Å²) in [5.74, 6) is 0. The second-order valence-corrected chi connectivity index (χ2v) is 7.45. The Bertz CT molecular complexity index is 1100. The van der Waals surface area contributed by atoms with Crippen molar-refractivity contribution in [2.45, 2.75) is 25.8 Å². The molecule has 8 heteroatoms. The normalized spacial score (nSPS) is 12.0. The van der Waals surface area contributed by atoms with E-state index in [1.165, 1.54) is 11.3 Å². The highest BCUT2D eigenvalue weighted by molar-refractivity contribution is 7.19. The molecule has 0 bridgehead atoms. The molecular weight excluding hydrogens is 394 g/mol. The zero-order valence-electron chi connectivity index (χ0n) is 16.4. The number of nitrogens with one attached hydrogen (secondary N) is 1. The number of benzene rings is 2. The van der Waals surface area contributed by atoms with Crippen LogP contribution in [0.1, 0.15) is 25.3 Å². The van der Waals surface area contributed by atoms with Crippen molar-refractivity contribution in [2.24, 2.45) is 20.5 Å². The van der Waals surface area contributed by atoms with Crippen LogP contribution in [0.5, 0.6) is 0 Å². The smallest absolute Gasteiger partial charge is 0.158 e. The van der Waals surface area contributed by atoms with Gasteiger partial charge in [-0.1, -0.05) is 29.5 Å². The van der Waals surface area contributed by atoms with Crippen LogP contribution in [0.3, 0.4) is 0 Å². The highest BCUT2D eigenvalue weighted by Gasteiger charge is 2.08. The maximum absolute atomic E-state index is 9.35. The topological polar surface area (TPSA) is 109 Å². The lowest BCUT2D eigenvalue weighted by atomic mass is 10.2. The fourth-order valence-electron chi connectivity index (χ4n) is 2.54. The van der Waals surface area contributed by atoms with Gasteiger partial charge in [-0.05, 0) is 55.8 Å². The SMILES string of the molecule is CC(CCC#N)Nc1ccc(N=Nc2sc(N=Nc3ccccc3)cc2C#N)cc1. The number of hydrogen-bond acceptors (Lipinski definition) is 8. The van der Waals surface area contributed by atoms with E-state index in [0.29, 0.717) is 27.7 Å². The number of anilines is 1. The Kier molecular flexibility index (Phi) is 7.37. The highest BCUT2D eigenvalue weighted by atomic mass is 32.1. The van der Waals surface area contributed by atoms with E-state index in [-0.39, 0.29) is 6.04 Å². The molecule has 1 aromatic heterocycles. The van der Waals surface area contributed by atoms with Gasteiger partial charge in [0.15, 0.2) is 5.00 Å². The molecule has 0 spiro atoms. The van der Waals surface area contributed by atoms with Gasteiger partial charge in [-0.15, -0.1) is 20.5 Å². The van der Waals surface area contributed by atoms with Crippen molar-refractivity contribution in [3.05, 3.63) is 66.2 Å². The van der Waals surface area contributed by atoms with E-state index < -0.39 is 0 Å². The molecule has 1 heterocycles. The highest BCUT2D eigenvalue weighted by Crippen LogP contribution is 2.37. The standard InChI is InChI=1S/C22H19N7S/c1-16(6-5-13-23)25-18-9-11-20(12-10-18)27-29-22-17(15-24)14-21(30-22)28-26-19-7-3-2-4-8-19/h2-4,7-12,14,16,25H,5-6H2,1H3. The van der Waals surface area contributed by atoms with Gasteiger partial charge >= 0.3 is 0 Å². The maximum atomic E-state index is 9.35. The Balaban J connectivity index is 1.67. The molecular formula is C22H19N7S. The van der Waals surface area contributed by atoms with Crippen LogP contribution in [0.2, 0.25) is 0 Å². The first kappa shape index (κ1) is 20.8. The van der Waals surface area contributed by atoms with Crippen molar-refractivity contribution in [1.82, 2.24) is 0 Å². The van der Waals surface area contributed by atoms with E-state index in [1.54, 1.807) is 6.07 Å². The third-order valence-electron chi connectivity index (χ3n) is 4.07. The lowest BCUT2D eigenvalue weighted by Gasteiger charge is -2.13. The fraction of sp³-hybridized carbons (Fsp3) is 0.182. The lowest BCUT2D eigenvalue weighted by molar-refractivity contribution is 0.723. The zero-order chi connectivity index (χ0) is 21.2. The summed E-state index contributed by atoms with van der Waals surface area (Å²) in [5.41, 5.74) is 2.78. The minimum atomic E-state index is 0.213. The van der Waals surface area contributed by atoms with Crippen LogP contribution < -0.4 is 5.32 Å². The van der Waals surface area contributed by atoms with Gasteiger partial charge in [0.2, 0.25) is 0 Å². The molecule has 30 heavy (non-hydrogen) atoms. The van der Waals surface area contributed by atoms with Crippen LogP contribution in [0.15, 0.2) is 81.1 Å². The Morgan fingerprint density at radius 2 is 1.63 bits per heavy atom. The van der Waals surface area contributed by atoms with Crippen LogP contribution in [-0.2, 0) is 0 Å². The summed E-state index contributed by atoms with van der Waals surface area (Å²) in [5, 5.41) is 39.2.